The molecule has 2 aromatic carbocycles. The Morgan fingerprint density at radius 1 is 1.04 bits per heavy atom. The minimum absolute atomic E-state index is 0.0334. The Kier molecular flexibility index (Phi) is 4.79. The van der Waals surface area contributed by atoms with Crippen molar-refractivity contribution in [3.63, 3.8) is 0 Å². The molecule has 0 unspecified atom stereocenters. The molecule has 0 bridgehead atoms. The topological polar surface area (TPSA) is 49.6 Å². The lowest BCUT2D eigenvalue weighted by molar-refractivity contribution is -0.138. The maximum atomic E-state index is 13.2. The second kappa shape index (κ2) is 7.13. The van der Waals surface area contributed by atoms with Gasteiger partial charge in [-0.05, 0) is 36.1 Å². The second-order valence-electron chi connectivity index (χ2n) is 7.48. The molecule has 7 heteroatoms. The number of halogens is 3. The van der Waals surface area contributed by atoms with E-state index in [2.05, 4.69) is 0 Å². The lowest BCUT2D eigenvalue weighted by Gasteiger charge is -2.37. The van der Waals surface area contributed by atoms with E-state index in [4.69, 9.17) is 5.73 Å². The molecule has 28 heavy (non-hydrogen) atoms. The highest BCUT2D eigenvalue weighted by Gasteiger charge is 2.36. The third-order valence-electron chi connectivity index (χ3n) is 5.71. The number of hydrogen-bond acceptors (Lipinski definition) is 3. The number of anilines is 1. The van der Waals surface area contributed by atoms with E-state index in [0.717, 1.165) is 24.5 Å². The SMILES string of the molecule is Nc1cccc2c1C(=O)N(C1CCN(Cc3ccccc3C(F)(F)F)CC1)C2. The van der Waals surface area contributed by atoms with Crippen LogP contribution in [0.1, 0.15) is 39.9 Å². The van der Waals surface area contributed by atoms with Crippen molar-refractivity contribution < 1.29 is 18.0 Å². The number of piperidine rings is 1. The highest BCUT2D eigenvalue weighted by atomic mass is 19.4. The summed E-state index contributed by atoms with van der Waals surface area (Å²) in [6, 6.07) is 11.3. The smallest absolute Gasteiger partial charge is 0.398 e. The molecule has 0 aromatic heterocycles. The van der Waals surface area contributed by atoms with Gasteiger partial charge in [0.2, 0.25) is 0 Å². The zero-order valence-electron chi connectivity index (χ0n) is 15.4. The van der Waals surface area contributed by atoms with Gasteiger partial charge in [-0.1, -0.05) is 30.3 Å². The molecule has 0 radical (unpaired) electrons. The highest BCUT2D eigenvalue weighted by molar-refractivity contribution is 6.03. The fourth-order valence-electron chi connectivity index (χ4n) is 4.27. The van der Waals surface area contributed by atoms with Crippen molar-refractivity contribution in [2.24, 2.45) is 0 Å². The van der Waals surface area contributed by atoms with Crippen molar-refractivity contribution in [1.82, 2.24) is 9.80 Å². The molecule has 0 aliphatic carbocycles. The Morgan fingerprint density at radius 2 is 1.75 bits per heavy atom. The standard InChI is InChI=1S/C21H22F3N3O/c22-21(23,24)17-6-2-1-4-14(17)12-26-10-8-16(9-11-26)27-13-15-5-3-7-18(25)19(15)20(27)28/h1-7,16H,8-13,25H2. The summed E-state index contributed by atoms with van der Waals surface area (Å²) in [5, 5.41) is 0. The number of amides is 1. The molecule has 0 saturated carbocycles. The van der Waals surface area contributed by atoms with Crippen molar-refractivity contribution >= 4 is 11.6 Å². The maximum absolute atomic E-state index is 13.2. The van der Waals surface area contributed by atoms with Gasteiger partial charge in [-0.2, -0.15) is 13.2 Å². The number of benzene rings is 2. The minimum Gasteiger partial charge on any atom is -0.398 e. The first kappa shape index (κ1) is 18.8. The van der Waals surface area contributed by atoms with E-state index >= 15 is 0 Å². The third-order valence-corrected chi connectivity index (χ3v) is 5.71. The Balaban J connectivity index is 1.40. The molecule has 4 rings (SSSR count). The van der Waals surface area contributed by atoms with Gasteiger partial charge in [0, 0.05) is 37.9 Å². The first-order valence-corrected chi connectivity index (χ1v) is 9.40. The average Bonchev–Trinajstić information content (AvgIpc) is 3.00. The molecular weight excluding hydrogens is 367 g/mol. The lowest BCUT2D eigenvalue weighted by atomic mass is 10.0. The average molecular weight is 389 g/mol. The molecule has 148 valence electrons. The van der Waals surface area contributed by atoms with Gasteiger partial charge in [0.1, 0.15) is 0 Å². The normalized spacial score (nSPS) is 18.5. The third kappa shape index (κ3) is 3.46. The minimum atomic E-state index is -4.34. The number of nitrogens with two attached hydrogens (primary N) is 1. The van der Waals surface area contributed by atoms with E-state index in [1.54, 1.807) is 18.2 Å². The van der Waals surface area contributed by atoms with Crippen LogP contribution >= 0.6 is 0 Å². The number of hydrogen-bond donors (Lipinski definition) is 1. The lowest BCUT2D eigenvalue weighted by Crippen LogP contribution is -2.44. The molecule has 1 amide bonds. The molecule has 0 spiro atoms. The van der Waals surface area contributed by atoms with Gasteiger partial charge in [0.05, 0.1) is 11.1 Å². The quantitative estimate of drug-likeness (QED) is 0.810. The summed E-state index contributed by atoms with van der Waals surface area (Å²) in [4.78, 5) is 16.6. The van der Waals surface area contributed by atoms with Crippen molar-refractivity contribution in [3.05, 3.63) is 64.7 Å². The predicted octanol–water partition coefficient (Wildman–Crippen LogP) is 3.91. The molecule has 0 atom stereocenters. The number of rotatable bonds is 3. The summed E-state index contributed by atoms with van der Waals surface area (Å²) in [6.45, 7) is 2.14. The van der Waals surface area contributed by atoms with Gasteiger partial charge in [0.25, 0.3) is 5.91 Å². The van der Waals surface area contributed by atoms with E-state index in [1.165, 1.54) is 6.07 Å². The monoisotopic (exact) mass is 389 g/mol. The van der Waals surface area contributed by atoms with Gasteiger partial charge in [-0.3, -0.25) is 9.69 Å². The van der Waals surface area contributed by atoms with Crippen molar-refractivity contribution in [1.29, 1.82) is 0 Å². The predicted molar refractivity (Wildman–Crippen MR) is 100 cm³/mol. The van der Waals surface area contributed by atoms with Gasteiger partial charge in [-0.25, -0.2) is 0 Å². The number of alkyl halides is 3. The van der Waals surface area contributed by atoms with E-state index in [9.17, 15) is 18.0 Å². The van der Waals surface area contributed by atoms with Crippen molar-refractivity contribution in [3.8, 4) is 0 Å². The molecule has 4 nitrogen and oxygen atoms in total. The van der Waals surface area contributed by atoms with E-state index < -0.39 is 11.7 Å². The Bertz CT molecular complexity index is 889. The fourth-order valence-corrected chi connectivity index (χ4v) is 4.27. The first-order valence-electron chi connectivity index (χ1n) is 9.40. The molecule has 2 heterocycles. The zero-order valence-corrected chi connectivity index (χ0v) is 15.4. The van der Waals surface area contributed by atoms with Crippen LogP contribution in [-0.2, 0) is 19.3 Å². The van der Waals surface area contributed by atoms with Crippen LogP contribution in [0.4, 0.5) is 18.9 Å². The van der Waals surface area contributed by atoms with Crippen molar-refractivity contribution in [2.45, 2.75) is 38.1 Å². The Hall–Kier alpha value is -2.54. The fraction of sp³-hybridized carbons (Fsp3) is 0.381. The first-order chi connectivity index (χ1) is 13.3. The molecule has 2 aromatic rings. The maximum Gasteiger partial charge on any atom is 0.416 e. The number of carbonyl (C=O) groups is 1. The van der Waals surface area contributed by atoms with Crippen LogP contribution in [0, 0.1) is 0 Å². The summed E-state index contributed by atoms with van der Waals surface area (Å²) in [5.41, 5.74) is 7.75. The highest BCUT2D eigenvalue weighted by Crippen LogP contribution is 2.34. The van der Waals surface area contributed by atoms with Gasteiger partial charge in [0.15, 0.2) is 0 Å². The van der Waals surface area contributed by atoms with Crippen LogP contribution in [0.2, 0.25) is 0 Å². The number of nitrogen functional groups attached to an aromatic ring is 1. The second-order valence-corrected chi connectivity index (χ2v) is 7.48. The molecule has 1 fully saturated rings. The van der Waals surface area contributed by atoms with E-state index in [-0.39, 0.29) is 18.5 Å². The van der Waals surface area contributed by atoms with Gasteiger partial charge < -0.3 is 10.6 Å². The molecule has 1 saturated heterocycles. The zero-order chi connectivity index (χ0) is 19.9. The van der Waals surface area contributed by atoms with Crippen LogP contribution in [0.25, 0.3) is 0 Å². The summed E-state index contributed by atoms with van der Waals surface area (Å²) in [7, 11) is 0. The number of carbonyl (C=O) groups excluding carboxylic acids is 1. The summed E-state index contributed by atoms with van der Waals surface area (Å²) < 4.78 is 39.6. The molecule has 2 aliphatic rings. The molecule has 2 aliphatic heterocycles. The molecular formula is C21H22F3N3O. The number of nitrogens with zero attached hydrogens (tertiary/aromatic N) is 2. The van der Waals surface area contributed by atoms with Crippen LogP contribution in [0.3, 0.4) is 0 Å². The van der Waals surface area contributed by atoms with Crippen LogP contribution in [0.5, 0.6) is 0 Å². The number of likely N-dealkylation sites (tertiary alicyclic amines) is 1. The molecule has 2 N–H and O–H groups in total. The van der Waals surface area contributed by atoms with Gasteiger partial charge in [-0.15, -0.1) is 0 Å². The Morgan fingerprint density at radius 3 is 2.43 bits per heavy atom. The van der Waals surface area contributed by atoms with Gasteiger partial charge >= 0.3 is 6.18 Å². The van der Waals surface area contributed by atoms with E-state index in [1.807, 2.05) is 21.9 Å². The Labute approximate surface area is 161 Å². The van der Waals surface area contributed by atoms with E-state index in [0.29, 0.717) is 36.4 Å². The largest absolute Gasteiger partial charge is 0.416 e. The van der Waals surface area contributed by atoms with Crippen LogP contribution in [-0.4, -0.2) is 34.8 Å². The van der Waals surface area contributed by atoms with Crippen LogP contribution < -0.4 is 5.73 Å². The number of fused-ring (bicyclic) bond motifs is 1. The summed E-state index contributed by atoms with van der Waals surface area (Å²) >= 11 is 0. The summed E-state index contributed by atoms with van der Waals surface area (Å²) in [5.74, 6) is -0.0334. The summed E-state index contributed by atoms with van der Waals surface area (Å²) in [6.07, 6.45) is -2.86. The van der Waals surface area contributed by atoms with Crippen molar-refractivity contribution in [2.75, 3.05) is 18.8 Å². The van der Waals surface area contributed by atoms with Crippen LogP contribution in [0.15, 0.2) is 42.5 Å².